The quantitative estimate of drug-likeness (QED) is 0.703. The summed E-state index contributed by atoms with van der Waals surface area (Å²) in [5, 5.41) is 9.59. The molecule has 4 heterocycles. The zero-order valence-corrected chi connectivity index (χ0v) is 18.2. The number of rotatable bonds is 4. The van der Waals surface area contributed by atoms with E-state index in [9.17, 15) is 14.9 Å². The van der Waals surface area contributed by atoms with E-state index in [0.29, 0.717) is 11.7 Å². The SMILES string of the molecule is Cn1c(N2CCCC(CN3CCN(c4ccccn4)CC3)C2)c(C#N)c(=O)n(C)c1=O. The minimum Gasteiger partial charge on any atom is -0.356 e. The standard InChI is InChI=1S/C22H29N7O2/c1-25-20(18(14-23)21(30)26(2)22(25)31)29-9-5-6-17(16-29)15-27-10-12-28(13-11-27)19-7-3-4-8-24-19/h3-4,7-8,17H,5-6,9-13,15-16H2,1-2H3. The minimum atomic E-state index is -0.520. The highest BCUT2D eigenvalue weighted by Gasteiger charge is 2.28. The summed E-state index contributed by atoms with van der Waals surface area (Å²) in [6, 6.07) is 8.04. The Hall–Kier alpha value is -3.12. The Morgan fingerprint density at radius 3 is 2.52 bits per heavy atom. The van der Waals surface area contributed by atoms with Crippen molar-refractivity contribution < 1.29 is 0 Å². The van der Waals surface area contributed by atoms with E-state index in [0.717, 1.165) is 69.0 Å². The molecule has 0 bridgehead atoms. The van der Waals surface area contributed by atoms with Gasteiger partial charge in [0.2, 0.25) is 0 Å². The molecule has 0 N–H and O–H groups in total. The van der Waals surface area contributed by atoms with Crippen molar-refractivity contribution in [3.8, 4) is 6.07 Å². The second-order valence-corrected chi connectivity index (χ2v) is 8.45. The number of pyridine rings is 1. The second-order valence-electron chi connectivity index (χ2n) is 8.45. The topological polar surface area (TPSA) is 90.4 Å². The van der Waals surface area contributed by atoms with Gasteiger partial charge in [-0.1, -0.05) is 6.07 Å². The van der Waals surface area contributed by atoms with Crippen LogP contribution in [0.5, 0.6) is 0 Å². The maximum atomic E-state index is 12.5. The van der Waals surface area contributed by atoms with Crippen LogP contribution in [-0.2, 0) is 14.1 Å². The smallest absolute Gasteiger partial charge is 0.332 e. The average molecular weight is 424 g/mol. The van der Waals surface area contributed by atoms with Gasteiger partial charge in [0.15, 0.2) is 5.56 Å². The number of hydrogen-bond donors (Lipinski definition) is 0. The summed E-state index contributed by atoms with van der Waals surface area (Å²) in [7, 11) is 3.05. The molecule has 2 aromatic heterocycles. The van der Waals surface area contributed by atoms with Gasteiger partial charge in [0, 0.05) is 66.1 Å². The van der Waals surface area contributed by atoms with Crippen molar-refractivity contribution in [1.29, 1.82) is 5.26 Å². The average Bonchev–Trinajstić information content (AvgIpc) is 2.81. The summed E-state index contributed by atoms with van der Waals surface area (Å²) in [4.78, 5) is 36.2. The largest absolute Gasteiger partial charge is 0.356 e. The van der Waals surface area contributed by atoms with Crippen LogP contribution < -0.4 is 21.0 Å². The molecule has 2 aliphatic heterocycles. The van der Waals surface area contributed by atoms with Crippen LogP contribution in [0.2, 0.25) is 0 Å². The predicted octanol–water partition coefficient (Wildman–Crippen LogP) is 0.389. The van der Waals surface area contributed by atoms with Crippen molar-refractivity contribution in [1.82, 2.24) is 19.0 Å². The molecule has 2 saturated heterocycles. The van der Waals surface area contributed by atoms with Gasteiger partial charge in [-0.2, -0.15) is 5.26 Å². The van der Waals surface area contributed by atoms with E-state index in [1.54, 1.807) is 7.05 Å². The second kappa shape index (κ2) is 8.94. The van der Waals surface area contributed by atoms with Crippen LogP contribution in [0, 0.1) is 17.2 Å². The maximum Gasteiger partial charge on any atom is 0.332 e. The molecule has 0 saturated carbocycles. The van der Waals surface area contributed by atoms with Crippen LogP contribution >= 0.6 is 0 Å². The van der Waals surface area contributed by atoms with Crippen LogP contribution in [0.4, 0.5) is 11.6 Å². The molecule has 4 rings (SSSR count). The van der Waals surface area contributed by atoms with Crippen molar-refractivity contribution in [2.24, 2.45) is 20.0 Å². The van der Waals surface area contributed by atoms with Crippen LogP contribution in [0.15, 0.2) is 34.0 Å². The zero-order chi connectivity index (χ0) is 22.0. The number of piperazine rings is 1. The molecule has 9 nitrogen and oxygen atoms in total. The van der Waals surface area contributed by atoms with E-state index >= 15 is 0 Å². The fourth-order valence-electron chi connectivity index (χ4n) is 4.77. The Morgan fingerprint density at radius 1 is 1.06 bits per heavy atom. The lowest BCUT2D eigenvalue weighted by molar-refractivity contribution is 0.205. The third kappa shape index (κ3) is 4.21. The highest BCUT2D eigenvalue weighted by atomic mass is 16.2. The van der Waals surface area contributed by atoms with Gasteiger partial charge >= 0.3 is 5.69 Å². The zero-order valence-electron chi connectivity index (χ0n) is 18.2. The van der Waals surface area contributed by atoms with Crippen molar-refractivity contribution >= 4 is 11.6 Å². The fraction of sp³-hybridized carbons (Fsp3) is 0.545. The molecule has 0 aliphatic carbocycles. The van der Waals surface area contributed by atoms with E-state index in [-0.39, 0.29) is 5.56 Å². The molecule has 0 amide bonds. The third-order valence-electron chi connectivity index (χ3n) is 6.43. The molecule has 31 heavy (non-hydrogen) atoms. The van der Waals surface area contributed by atoms with E-state index < -0.39 is 11.2 Å². The van der Waals surface area contributed by atoms with E-state index in [2.05, 4.69) is 25.8 Å². The highest BCUT2D eigenvalue weighted by molar-refractivity contribution is 5.53. The van der Waals surface area contributed by atoms with Gasteiger partial charge in [-0.05, 0) is 30.9 Å². The Bertz CT molecular complexity index is 1080. The van der Waals surface area contributed by atoms with E-state index in [4.69, 9.17) is 0 Å². The molecule has 2 aliphatic rings. The molecule has 0 aromatic carbocycles. The lowest BCUT2D eigenvalue weighted by atomic mass is 9.96. The van der Waals surface area contributed by atoms with Gasteiger partial charge in [0.05, 0.1) is 0 Å². The Labute approximate surface area is 181 Å². The van der Waals surface area contributed by atoms with Crippen LogP contribution in [0.25, 0.3) is 0 Å². The lowest BCUT2D eigenvalue weighted by Crippen LogP contribution is -2.50. The molecule has 0 radical (unpaired) electrons. The summed E-state index contributed by atoms with van der Waals surface area (Å²) < 4.78 is 2.44. The molecule has 0 spiro atoms. The Morgan fingerprint density at radius 2 is 1.84 bits per heavy atom. The Balaban J connectivity index is 1.43. The summed E-state index contributed by atoms with van der Waals surface area (Å²) in [5.74, 6) is 1.92. The van der Waals surface area contributed by atoms with Crippen LogP contribution in [-0.4, -0.2) is 64.8 Å². The first-order valence-corrected chi connectivity index (χ1v) is 10.8. The first-order chi connectivity index (χ1) is 15.0. The molecule has 1 atom stereocenters. The van der Waals surface area contributed by atoms with E-state index in [1.807, 2.05) is 24.4 Å². The number of nitriles is 1. The molecular weight excluding hydrogens is 394 g/mol. The first-order valence-electron chi connectivity index (χ1n) is 10.8. The number of nitrogens with zero attached hydrogens (tertiary/aromatic N) is 7. The van der Waals surface area contributed by atoms with E-state index in [1.165, 1.54) is 11.6 Å². The Kier molecular flexibility index (Phi) is 6.09. The van der Waals surface area contributed by atoms with Crippen molar-refractivity contribution in [3.05, 3.63) is 50.8 Å². The van der Waals surface area contributed by atoms with Gasteiger partial charge in [0.25, 0.3) is 5.56 Å². The van der Waals surface area contributed by atoms with Crippen LogP contribution in [0.3, 0.4) is 0 Å². The van der Waals surface area contributed by atoms with Crippen molar-refractivity contribution in [3.63, 3.8) is 0 Å². The van der Waals surface area contributed by atoms with Gasteiger partial charge in [-0.3, -0.25) is 18.8 Å². The number of hydrogen-bond acceptors (Lipinski definition) is 7. The molecule has 1 unspecified atom stereocenters. The molecule has 9 heteroatoms. The lowest BCUT2D eigenvalue weighted by Gasteiger charge is -2.40. The summed E-state index contributed by atoms with van der Waals surface area (Å²) in [6.45, 7) is 6.36. The van der Waals surface area contributed by atoms with Crippen molar-refractivity contribution in [2.75, 3.05) is 55.6 Å². The van der Waals surface area contributed by atoms with Gasteiger partial charge in [-0.15, -0.1) is 0 Å². The van der Waals surface area contributed by atoms with Gasteiger partial charge in [0.1, 0.15) is 17.7 Å². The predicted molar refractivity (Wildman–Crippen MR) is 119 cm³/mol. The summed E-state index contributed by atoms with van der Waals surface area (Å²) in [5.41, 5.74) is -0.866. The fourth-order valence-corrected chi connectivity index (χ4v) is 4.77. The molecular formula is C22H29N7O2. The third-order valence-corrected chi connectivity index (χ3v) is 6.43. The number of piperidine rings is 1. The number of anilines is 2. The van der Waals surface area contributed by atoms with Gasteiger partial charge in [-0.25, -0.2) is 9.78 Å². The van der Waals surface area contributed by atoms with Gasteiger partial charge < -0.3 is 9.80 Å². The monoisotopic (exact) mass is 423 g/mol. The summed E-state index contributed by atoms with van der Waals surface area (Å²) in [6.07, 6.45) is 3.92. The molecule has 2 fully saturated rings. The van der Waals surface area contributed by atoms with Crippen LogP contribution in [0.1, 0.15) is 18.4 Å². The summed E-state index contributed by atoms with van der Waals surface area (Å²) >= 11 is 0. The highest BCUT2D eigenvalue weighted by Crippen LogP contribution is 2.25. The minimum absolute atomic E-state index is 0.0502. The normalized spacial score (nSPS) is 20.0. The first kappa shape index (κ1) is 21.1. The molecule has 164 valence electrons. The van der Waals surface area contributed by atoms with Crippen molar-refractivity contribution in [2.45, 2.75) is 12.8 Å². The maximum absolute atomic E-state index is 12.5. The number of aromatic nitrogens is 3. The molecule has 2 aromatic rings.